The third-order valence-electron chi connectivity index (χ3n) is 3.43. The summed E-state index contributed by atoms with van der Waals surface area (Å²) in [5, 5.41) is 8.39. The van der Waals surface area contributed by atoms with Crippen molar-refractivity contribution in [2.24, 2.45) is 0 Å². The average Bonchev–Trinajstić information content (AvgIpc) is 2.88. The molecular formula is C13H14Cl2N4O. The van der Waals surface area contributed by atoms with E-state index in [1.165, 1.54) is 0 Å². The minimum absolute atomic E-state index is 0.0995. The highest BCUT2D eigenvalue weighted by molar-refractivity contribution is 6.38. The number of benzene rings is 1. The molecule has 5 nitrogen and oxygen atoms in total. The molecule has 0 spiro atoms. The van der Waals surface area contributed by atoms with E-state index in [-0.39, 0.29) is 6.04 Å². The van der Waals surface area contributed by atoms with Gasteiger partial charge in [0.15, 0.2) is 5.82 Å². The van der Waals surface area contributed by atoms with Gasteiger partial charge in [-0.25, -0.2) is 0 Å². The zero-order chi connectivity index (χ0) is 14.1. The second-order valence-electron chi connectivity index (χ2n) is 4.75. The summed E-state index contributed by atoms with van der Waals surface area (Å²) < 4.78 is 5.33. The first kappa shape index (κ1) is 13.8. The summed E-state index contributed by atoms with van der Waals surface area (Å²) in [5.41, 5.74) is 0.584. The van der Waals surface area contributed by atoms with Crippen molar-refractivity contribution in [3.05, 3.63) is 34.1 Å². The van der Waals surface area contributed by atoms with Gasteiger partial charge in [-0.05, 0) is 19.2 Å². The molecule has 1 saturated heterocycles. The number of hydrogen-bond donors (Lipinski definition) is 1. The number of piperazine rings is 1. The first-order valence-electron chi connectivity index (χ1n) is 6.36. The Morgan fingerprint density at radius 3 is 2.80 bits per heavy atom. The highest BCUT2D eigenvalue weighted by Crippen LogP contribution is 2.34. The van der Waals surface area contributed by atoms with Gasteiger partial charge in [0.2, 0.25) is 0 Å². The van der Waals surface area contributed by atoms with Crippen molar-refractivity contribution in [1.29, 1.82) is 0 Å². The molecule has 1 atom stereocenters. The maximum absolute atomic E-state index is 6.15. The molecule has 1 aromatic heterocycles. The van der Waals surface area contributed by atoms with Crippen LogP contribution in [0.15, 0.2) is 22.7 Å². The average molecular weight is 313 g/mol. The second-order valence-corrected chi connectivity index (χ2v) is 5.57. The summed E-state index contributed by atoms with van der Waals surface area (Å²) >= 11 is 12.3. The Morgan fingerprint density at radius 1 is 1.35 bits per heavy atom. The molecule has 106 valence electrons. The molecule has 3 rings (SSSR count). The summed E-state index contributed by atoms with van der Waals surface area (Å²) in [6, 6.07) is 5.38. The van der Waals surface area contributed by atoms with E-state index in [2.05, 4.69) is 20.4 Å². The lowest BCUT2D eigenvalue weighted by Crippen LogP contribution is -2.44. The Bertz CT molecular complexity index is 596. The highest BCUT2D eigenvalue weighted by Gasteiger charge is 2.26. The van der Waals surface area contributed by atoms with E-state index in [1.807, 2.05) is 7.05 Å². The third kappa shape index (κ3) is 2.54. The monoisotopic (exact) mass is 312 g/mol. The molecule has 1 aliphatic rings. The van der Waals surface area contributed by atoms with Crippen LogP contribution < -0.4 is 5.32 Å². The Hall–Kier alpha value is -1.14. The third-order valence-corrected chi connectivity index (χ3v) is 4.06. The SMILES string of the molecule is CN1CCNCC1c1noc(-c2c(Cl)cccc2Cl)n1. The topological polar surface area (TPSA) is 54.2 Å². The van der Waals surface area contributed by atoms with Crippen molar-refractivity contribution in [3.8, 4) is 11.5 Å². The fourth-order valence-corrected chi connectivity index (χ4v) is 2.83. The zero-order valence-electron chi connectivity index (χ0n) is 10.9. The molecule has 0 aliphatic carbocycles. The first-order valence-corrected chi connectivity index (χ1v) is 7.11. The molecular weight excluding hydrogens is 299 g/mol. The predicted octanol–water partition coefficient (Wildman–Crippen LogP) is 2.62. The second kappa shape index (κ2) is 5.69. The number of aromatic nitrogens is 2. The molecule has 1 fully saturated rings. The van der Waals surface area contributed by atoms with Crippen LogP contribution in [0.5, 0.6) is 0 Å². The number of hydrogen-bond acceptors (Lipinski definition) is 5. The summed E-state index contributed by atoms with van der Waals surface area (Å²) in [4.78, 5) is 6.64. The lowest BCUT2D eigenvalue weighted by molar-refractivity contribution is 0.190. The molecule has 2 aromatic rings. The minimum atomic E-state index is 0.0995. The van der Waals surface area contributed by atoms with Crippen LogP contribution >= 0.6 is 23.2 Å². The van der Waals surface area contributed by atoms with Gasteiger partial charge in [-0.2, -0.15) is 4.98 Å². The van der Waals surface area contributed by atoms with Crippen molar-refractivity contribution in [2.75, 3.05) is 26.7 Å². The minimum Gasteiger partial charge on any atom is -0.334 e. The Balaban J connectivity index is 1.94. The van der Waals surface area contributed by atoms with Crippen molar-refractivity contribution in [3.63, 3.8) is 0 Å². The number of halogens is 2. The van der Waals surface area contributed by atoms with Crippen LogP contribution in [-0.2, 0) is 0 Å². The first-order chi connectivity index (χ1) is 9.66. The molecule has 20 heavy (non-hydrogen) atoms. The van der Waals surface area contributed by atoms with Crippen LogP contribution in [0.25, 0.3) is 11.5 Å². The van der Waals surface area contributed by atoms with E-state index in [9.17, 15) is 0 Å². The van der Waals surface area contributed by atoms with Crippen molar-refractivity contribution in [2.45, 2.75) is 6.04 Å². The van der Waals surface area contributed by atoms with Gasteiger partial charge in [0, 0.05) is 19.6 Å². The molecule has 2 heterocycles. The highest BCUT2D eigenvalue weighted by atomic mass is 35.5. The molecule has 1 aromatic carbocycles. The van der Waals surface area contributed by atoms with Gasteiger partial charge in [-0.1, -0.05) is 34.4 Å². The summed E-state index contributed by atoms with van der Waals surface area (Å²) in [6.07, 6.45) is 0. The van der Waals surface area contributed by atoms with Gasteiger partial charge in [-0.15, -0.1) is 0 Å². The Labute approximate surface area is 126 Å². The molecule has 0 bridgehead atoms. The fraction of sp³-hybridized carbons (Fsp3) is 0.385. The van der Waals surface area contributed by atoms with E-state index < -0.39 is 0 Å². The van der Waals surface area contributed by atoms with Crippen LogP contribution in [-0.4, -0.2) is 41.7 Å². The van der Waals surface area contributed by atoms with Crippen LogP contribution in [0.3, 0.4) is 0 Å². The number of rotatable bonds is 2. The summed E-state index contributed by atoms with van der Waals surface area (Å²) in [5.74, 6) is 1.00. The van der Waals surface area contributed by atoms with Crippen molar-refractivity contribution in [1.82, 2.24) is 20.4 Å². The Kier molecular flexibility index (Phi) is 3.94. The van der Waals surface area contributed by atoms with Gasteiger partial charge < -0.3 is 9.84 Å². The van der Waals surface area contributed by atoms with E-state index in [4.69, 9.17) is 27.7 Å². The fourth-order valence-electron chi connectivity index (χ4n) is 2.27. The normalized spacial score (nSPS) is 20.2. The van der Waals surface area contributed by atoms with Gasteiger partial charge in [0.05, 0.1) is 21.7 Å². The molecule has 0 amide bonds. The van der Waals surface area contributed by atoms with Gasteiger partial charge in [0.25, 0.3) is 5.89 Å². The van der Waals surface area contributed by atoms with E-state index in [1.54, 1.807) is 18.2 Å². The quantitative estimate of drug-likeness (QED) is 0.924. The summed E-state index contributed by atoms with van der Waals surface area (Å²) in [7, 11) is 2.05. The summed E-state index contributed by atoms with van der Waals surface area (Å²) in [6.45, 7) is 2.71. The van der Waals surface area contributed by atoms with Crippen LogP contribution in [0.4, 0.5) is 0 Å². The van der Waals surface area contributed by atoms with E-state index >= 15 is 0 Å². The number of nitrogens with zero attached hydrogens (tertiary/aromatic N) is 3. The van der Waals surface area contributed by atoms with E-state index in [0.717, 1.165) is 19.6 Å². The lowest BCUT2D eigenvalue weighted by Gasteiger charge is -2.30. The molecule has 0 radical (unpaired) electrons. The molecule has 1 N–H and O–H groups in total. The van der Waals surface area contributed by atoms with Crippen LogP contribution in [0.1, 0.15) is 11.9 Å². The van der Waals surface area contributed by atoms with Crippen molar-refractivity contribution < 1.29 is 4.52 Å². The van der Waals surface area contributed by atoms with Gasteiger partial charge >= 0.3 is 0 Å². The van der Waals surface area contributed by atoms with Crippen LogP contribution in [0.2, 0.25) is 10.0 Å². The van der Waals surface area contributed by atoms with Gasteiger partial charge in [0.1, 0.15) is 0 Å². The van der Waals surface area contributed by atoms with Crippen molar-refractivity contribution >= 4 is 23.2 Å². The number of nitrogens with one attached hydrogen (secondary N) is 1. The molecule has 7 heteroatoms. The van der Waals surface area contributed by atoms with Gasteiger partial charge in [-0.3, -0.25) is 4.90 Å². The molecule has 1 aliphatic heterocycles. The molecule has 1 unspecified atom stereocenters. The maximum atomic E-state index is 6.15. The zero-order valence-corrected chi connectivity index (χ0v) is 12.4. The standard InChI is InChI=1S/C13H14Cl2N4O/c1-19-6-5-16-7-10(19)12-17-13(20-18-12)11-8(14)3-2-4-9(11)15/h2-4,10,16H,5-7H2,1H3. The molecule has 0 saturated carbocycles. The lowest BCUT2D eigenvalue weighted by atomic mass is 10.2. The largest absolute Gasteiger partial charge is 0.334 e. The number of likely N-dealkylation sites (N-methyl/N-ethyl adjacent to an activating group) is 1. The van der Waals surface area contributed by atoms with Crippen LogP contribution in [0, 0.1) is 0 Å². The predicted molar refractivity (Wildman–Crippen MR) is 78.0 cm³/mol. The maximum Gasteiger partial charge on any atom is 0.261 e. The smallest absolute Gasteiger partial charge is 0.261 e. The van der Waals surface area contributed by atoms with E-state index in [0.29, 0.717) is 27.3 Å². The Morgan fingerprint density at radius 2 is 2.10 bits per heavy atom.